The Morgan fingerprint density at radius 1 is 1.21 bits per heavy atom. The van der Waals surface area contributed by atoms with Crippen LogP contribution < -0.4 is 4.72 Å². The summed E-state index contributed by atoms with van der Waals surface area (Å²) in [6.07, 6.45) is 4.67. The monoisotopic (exact) mass is 345 g/mol. The Morgan fingerprint density at radius 2 is 1.84 bits per heavy atom. The molecular weight excluding hydrogens is 326 g/mol. The Kier molecular flexibility index (Phi) is 5.03. The second-order valence-corrected chi connectivity index (χ2v) is 8.00. The molecule has 0 heterocycles. The summed E-state index contributed by atoms with van der Waals surface area (Å²) in [6, 6.07) is 6.92. The van der Waals surface area contributed by atoms with Crippen molar-refractivity contribution < 1.29 is 8.42 Å². The molecule has 1 saturated carbocycles. The fourth-order valence-corrected chi connectivity index (χ4v) is 4.62. The number of benzene rings is 1. The zero-order chi connectivity index (χ0) is 13.9. The Morgan fingerprint density at radius 3 is 2.47 bits per heavy atom. The Hall–Kier alpha value is -0.390. The largest absolute Gasteiger partial charge is 0.241 e. The lowest BCUT2D eigenvalue weighted by Gasteiger charge is -2.26. The van der Waals surface area contributed by atoms with E-state index in [4.69, 9.17) is 0 Å². The van der Waals surface area contributed by atoms with Gasteiger partial charge in [0.25, 0.3) is 0 Å². The topological polar surface area (TPSA) is 46.2 Å². The molecule has 0 spiro atoms. The lowest BCUT2D eigenvalue weighted by atomic mass is 9.83. The van der Waals surface area contributed by atoms with Crippen molar-refractivity contribution in [1.82, 2.24) is 4.72 Å². The lowest BCUT2D eigenvalue weighted by Crippen LogP contribution is -2.31. The molecule has 1 N–H and O–H groups in total. The van der Waals surface area contributed by atoms with Gasteiger partial charge in [-0.05, 0) is 52.7 Å². The maximum absolute atomic E-state index is 12.2. The summed E-state index contributed by atoms with van der Waals surface area (Å²) in [4.78, 5) is 0.319. The van der Waals surface area contributed by atoms with Crippen LogP contribution in [0.15, 0.2) is 33.6 Å². The standard InChI is InChI=1S/C14H20BrNO2S/c1-11-6-8-12(9-7-11)10-16-19(17,18)14-5-3-2-4-13(14)15/h2-5,11-12,16H,6-10H2,1H3. The van der Waals surface area contributed by atoms with Gasteiger partial charge in [-0.3, -0.25) is 0 Å². The molecule has 0 saturated heterocycles. The van der Waals surface area contributed by atoms with Crippen molar-refractivity contribution in [3.05, 3.63) is 28.7 Å². The molecule has 0 bridgehead atoms. The smallest absolute Gasteiger partial charge is 0.211 e. The van der Waals surface area contributed by atoms with Crippen LogP contribution in [-0.2, 0) is 10.0 Å². The van der Waals surface area contributed by atoms with E-state index in [2.05, 4.69) is 27.6 Å². The molecule has 1 aliphatic carbocycles. The van der Waals surface area contributed by atoms with Crippen molar-refractivity contribution >= 4 is 26.0 Å². The molecule has 1 aromatic carbocycles. The summed E-state index contributed by atoms with van der Waals surface area (Å²) in [5, 5.41) is 0. The third kappa shape index (κ3) is 4.04. The molecule has 19 heavy (non-hydrogen) atoms. The fraction of sp³-hybridized carbons (Fsp3) is 0.571. The van der Waals surface area contributed by atoms with Gasteiger partial charge in [-0.1, -0.05) is 31.9 Å². The average molecular weight is 346 g/mol. The SMILES string of the molecule is CC1CCC(CNS(=O)(=O)c2ccccc2Br)CC1. The Balaban J connectivity index is 1.97. The molecular formula is C14H20BrNO2S. The second-order valence-electron chi connectivity index (χ2n) is 5.41. The maximum Gasteiger partial charge on any atom is 0.241 e. The van der Waals surface area contributed by atoms with Crippen molar-refractivity contribution in [1.29, 1.82) is 0 Å². The van der Waals surface area contributed by atoms with E-state index in [1.54, 1.807) is 18.2 Å². The van der Waals surface area contributed by atoms with Gasteiger partial charge >= 0.3 is 0 Å². The molecule has 0 radical (unpaired) electrons. The molecule has 1 aliphatic rings. The molecule has 0 atom stereocenters. The van der Waals surface area contributed by atoms with E-state index in [9.17, 15) is 8.42 Å². The normalized spacial score (nSPS) is 24.3. The zero-order valence-corrected chi connectivity index (χ0v) is 13.5. The van der Waals surface area contributed by atoms with Gasteiger partial charge in [-0.15, -0.1) is 0 Å². The minimum absolute atomic E-state index is 0.319. The van der Waals surface area contributed by atoms with Crippen LogP contribution in [0.4, 0.5) is 0 Å². The van der Waals surface area contributed by atoms with Crippen molar-refractivity contribution in [2.24, 2.45) is 11.8 Å². The summed E-state index contributed by atoms with van der Waals surface area (Å²) >= 11 is 3.29. The number of rotatable bonds is 4. The maximum atomic E-state index is 12.2. The molecule has 1 fully saturated rings. The highest BCUT2D eigenvalue weighted by atomic mass is 79.9. The van der Waals surface area contributed by atoms with E-state index in [0.717, 1.165) is 18.8 Å². The molecule has 3 nitrogen and oxygen atoms in total. The molecule has 0 amide bonds. The molecule has 0 aliphatic heterocycles. The highest BCUT2D eigenvalue weighted by Crippen LogP contribution is 2.28. The summed E-state index contributed by atoms with van der Waals surface area (Å²) in [7, 11) is -3.40. The van der Waals surface area contributed by atoms with E-state index in [-0.39, 0.29) is 0 Å². The van der Waals surface area contributed by atoms with E-state index in [0.29, 0.717) is 21.8 Å². The van der Waals surface area contributed by atoms with E-state index >= 15 is 0 Å². The molecule has 0 aromatic heterocycles. The number of halogens is 1. The molecule has 1 aromatic rings. The quantitative estimate of drug-likeness (QED) is 0.906. The Labute approximate surface area is 124 Å². The van der Waals surface area contributed by atoms with Gasteiger partial charge in [0.15, 0.2) is 0 Å². The molecule has 106 valence electrons. The number of sulfonamides is 1. The predicted molar refractivity (Wildman–Crippen MR) is 80.5 cm³/mol. The van der Waals surface area contributed by atoms with Crippen LogP contribution >= 0.6 is 15.9 Å². The molecule has 2 rings (SSSR count). The third-order valence-corrected chi connectivity index (χ3v) is 6.26. The highest BCUT2D eigenvalue weighted by Gasteiger charge is 2.22. The average Bonchev–Trinajstić information content (AvgIpc) is 2.38. The van der Waals surface area contributed by atoms with Crippen molar-refractivity contribution in [3.8, 4) is 0 Å². The van der Waals surface area contributed by atoms with Gasteiger partial charge in [0, 0.05) is 11.0 Å². The zero-order valence-electron chi connectivity index (χ0n) is 11.1. The number of hydrogen-bond donors (Lipinski definition) is 1. The van der Waals surface area contributed by atoms with E-state index < -0.39 is 10.0 Å². The third-order valence-electron chi connectivity index (χ3n) is 3.82. The summed E-state index contributed by atoms with van der Waals surface area (Å²) < 4.78 is 27.8. The van der Waals surface area contributed by atoms with Crippen LogP contribution in [-0.4, -0.2) is 15.0 Å². The van der Waals surface area contributed by atoms with Crippen LogP contribution in [0, 0.1) is 11.8 Å². The molecule has 5 heteroatoms. The van der Waals surface area contributed by atoms with Crippen molar-refractivity contribution in [2.45, 2.75) is 37.5 Å². The fourth-order valence-electron chi connectivity index (χ4n) is 2.50. The predicted octanol–water partition coefficient (Wildman–Crippen LogP) is 3.55. The first-order valence-electron chi connectivity index (χ1n) is 6.73. The second kappa shape index (κ2) is 6.37. The van der Waals surface area contributed by atoms with E-state index in [1.165, 1.54) is 12.8 Å². The summed E-state index contributed by atoms with van der Waals surface area (Å²) in [5.74, 6) is 1.27. The van der Waals surface area contributed by atoms with Gasteiger partial charge < -0.3 is 0 Å². The first-order chi connectivity index (χ1) is 8.99. The van der Waals surface area contributed by atoms with Crippen LogP contribution in [0.5, 0.6) is 0 Å². The van der Waals surface area contributed by atoms with E-state index in [1.807, 2.05) is 6.07 Å². The van der Waals surface area contributed by atoms with Crippen LogP contribution in [0.1, 0.15) is 32.6 Å². The van der Waals surface area contributed by atoms with Crippen LogP contribution in [0.25, 0.3) is 0 Å². The van der Waals surface area contributed by atoms with Gasteiger partial charge in [0.2, 0.25) is 10.0 Å². The first kappa shape index (κ1) is 15.0. The summed E-state index contributed by atoms with van der Waals surface area (Å²) in [6.45, 7) is 2.82. The van der Waals surface area contributed by atoms with Gasteiger partial charge in [-0.2, -0.15) is 0 Å². The summed E-state index contributed by atoms with van der Waals surface area (Å²) in [5.41, 5.74) is 0. The van der Waals surface area contributed by atoms with Crippen molar-refractivity contribution in [3.63, 3.8) is 0 Å². The first-order valence-corrected chi connectivity index (χ1v) is 9.01. The number of nitrogens with one attached hydrogen (secondary N) is 1. The Bertz CT molecular complexity index is 522. The number of hydrogen-bond acceptors (Lipinski definition) is 2. The molecule has 0 unspecified atom stereocenters. The van der Waals surface area contributed by atoms with Gasteiger partial charge in [0.05, 0.1) is 4.90 Å². The minimum atomic E-state index is -3.40. The lowest BCUT2D eigenvalue weighted by molar-refractivity contribution is 0.290. The highest BCUT2D eigenvalue weighted by molar-refractivity contribution is 9.10. The van der Waals surface area contributed by atoms with Gasteiger partial charge in [-0.25, -0.2) is 13.1 Å². The van der Waals surface area contributed by atoms with Crippen molar-refractivity contribution in [2.75, 3.05) is 6.54 Å². The van der Waals surface area contributed by atoms with Gasteiger partial charge in [0.1, 0.15) is 0 Å². The van der Waals surface area contributed by atoms with Crippen LogP contribution in [0.3, 0.4) is 0 Å². The minimum Gasteiger partial charge on any atom is -0.211 e. The van der Waals surface area contributed by atoms with Crippen LogP contribution in [0.2, 0.25) is 0 Å².